The van der Waals surface area contributed by atoms with Gasteiger partial charge in [0.05, 0.1) is 5.60 Å². The Hall–Kier alpha value is -0.120. The Bertz CT molecular complexity index is 185. The van der Waals surface area contributed by atoms with Gasteiger partial charge in [0.1, 0.15) is 0 Å². The summed E-state index contributed by atoms with van der Waals surface area (Å²) in [7, 11) is 2.03. The first-order valence-corrected chi connectivity index (χ1v) is 6.21. The molecule has 1 atom stereocenters. The van der Waals surface area contributed by atoms with Gasteiger partial charge < -0.3 is 14.8 Å². The minimum absolute atomic E-state index is 0.176. The number of rotatable bonds is 3. The topological polar surface area (TPSA) is 30.5 Å². The molecule has 0 aromatic rings. The maximum atomic E-state index is 6.02. The van der Waals surface area contributed by atoms with Crippen LogP contribution in [0.4, 0.5) is 0 Å². The molecule has 3 nitrogen and oxygen atoms in total. The van der Waals surface area contributed by atoms with Gasteiger partial charge >= 0.3 is 0 Å². The van der Waals surface area contributed by atoms with Crippen LogP contribution in [-0.2, 0) is 9.47 Å². The van der Waals surface area contributed by atoms with E-state index in [1.165, 1.54) is 19.3 Å². The summed E-state index contributed by atoms with van der Waals surface area (Å²) in [6.45, 7) is 3.86. The van der Waals surface area contributed by atoms with E-state index in [0.717, 1.165) is 45.1 Å². The molecule has 1 spiro atoms. The van der Waals surface area contributed by atoms with Gasteiger partial charge in [0.2, 0.25) is 0 Å². The van der Waals surface area contributed by atoms with Crippen molar-refractivity contribution >= 4 is 0 Å². The lowest BCUT2D eigenvalue weighted by Gasteiger charge is -2.43. The summed E-state index contributed by atoms with van der Waals surface area (Å²) in [4.78, 5) is 0. The van der Waals surface area contributed by atoms with Crippen molar-refractivity contribution in [2.75, 3.05) is 33.4 Å². The van der Waals surface area contributed by atoms with Crippen LogP contribution in [-0.4, -0.2) is 39.0 Å². The second-order valence-electron chi connectivity index (χ2n) is 4.89. The molecule has 88 valence electrons. The highest BCUT2D eigenvalue weighted by atomic mass is 16.5. The van der Waals surface area contributed by atoms with Crippen LogP contribution < -0.4 is 5.32 Å². The Labute approximate surface area is 92.5 Å². The van der Waals surface area contributed by atoms with Gasteiger partial charge in [-0.15, -0.1) is 0 Å². The second-order valence-corrected chi connectivity index (χ2v) is 4.89. The molecule has 0 amide bonds. The smallest absolute Gasteiger partial charge is 0.0729 e. The second kappa shape index (κ2) is 5.28. The highest BCUT2D eigenvalue weighted by molar-refractivity contribution is 4.89. The lowest BCUT2D eigenvalue weighted by Crippen LogP contribution is -2.44. The molecule has 3 heteroatoms. The van der Waals surface area contributed by atoms with E-state index in [0.29, 0.717) is 0 Å². The van der Waals surface area contributed by atoms with Crippen molar-refractivity contribution in [1.29, 1.82) is 0 Å². The SMILES string of the molecule is CNCCC1CCOC2(CCOCC2)C1. The van der Waals surface area contributed by atoms with Gasteiger partial charge in [-0.1, -0.05) is 0 Å². The summed E-state index contributed by atoms with van der Waals surface area (Å²) in [6.07, 6.45) is 5.98. The summed E-state index contributed by atoms with van der Waals surface area (Å²) in [5, 5.41) is 3.24. The van der Waals surface area contributed by atoms with Crippen molar-refractivity contribution in [3.8, 4) is 0 Å². The van der Waals surface area contributed by atoms with Crippen LogP contribution in [0.15, 0.2) is 0 Å². The van der Waals surface area contributed by atoms with Crippen molar-refractivity contribution in [3.63, 3.8) is 0 Å². The van der Waals surface area contributed by atoms with Crippen LogP contribution in [0.1, 0.15) is 32.1 Å². The average molecular weight is 213 g/mol. The molecule has 1 unspecified atom stereocenters. The van der Waals surface area contributed by atoms with Crippen LogP contribution in [0.5, 0.6) is 0 Å². The molecular weight excluding hydrogens is 190 g/mol. The number of hydrogen-bond donors (Lipinski definition) is 1. The molecule has 0 saturated carbocycles. The van der Waals surface area contributed by atoms with Crippen molar-refractivity contribution in [2.45, 2.75) is 37.7 Å². The lowest BCUT2D eigenvalue weighted by atomic mass is 9.79. The summed E-state index contributed by atoms with van der Waals surface area (Å²) in [5.74, 6) is 0.851. The van der Waals surface area contributed by atoms with E-state index < -0.39 is 0 Å². The Morgan fingerprint density at radius 3 is 2.80 bits per heavy atom. The summed E-state index contributed by atoms with van der Waals surface area (Å²) in [6, 6.07) is 0. The largest absolute Gasteiger partial charge is 0.381 e. The molecule has 2 rings (SSSR count). The average Bonchev–Trinajstić information content (AvgIpc) is 2.28. The Balaban J connectivity index is 1.85. The fourth-order valence-electron chi connectivity index (χ4n) is 2.82. The molecular formula is C12H23NO2. The maximum Gasteiger partial charge on any atom is 0.0729 e. The summed E-state index contributed by atoms with van der Waals surface area (Å²) < 4.78 is 11.4. The van der Waals surface area contributed by atoms with Crippen molar-refractivity contribution < 1.29 is 9.47 Å². The third-order valence-corrected chi connectivity index (χ3v) is 3.80. The van der Waals surface area contributed by atoms with Crippen LogP contribution in [0.25, 0.3) is 0 Å². The predicted molar refractivity (Wildman–Crippen MR) is 60.0 cm³/mol. The van der Waals surface area contributed by atoms with Crippen LogP contribution in [0.3, 0.4) is 0 Å². The molecule has 0 aliphatic carbocycles. The zero-order valence-corrected chi connectivity index (χ0v) is 9.76. The van der Waals surface area contributed by atoms with E-state index in [1.807, 2.05) is 7.05 Å². The predicted octanol–water partition coefficient (Wildman–Crippen LogP) is 1.57. The molecule has 0 aromatic heterocycles. The molecule has 2 aliphatic heterocycles. The van der Waals surface area contributed by atoms with Crippen LogP contribution in [0.2, 0.25) is 0 Å². The van der Waals surface area contributed by atoms with Crippen molar-refractivity contribution in [2.24, 2.45) is 5.92 Å². The third kappa shape index (κ3) is 2.92. The van der Waals surface area contributed by atoms with E-state index in [1.54, 1.807) is 0 Å². The number of nitrogens with one attached hydrogen (secondary N) is 1. The van der Waals surface area contributed by atoms with Gasteiger partial charge in [-0.2, -0.15) is 0 Å². The number of ether oxygens (including phenoxy) is 2. The molecule has 2 fully saturated rings. The summed E-state index contributed by atoms with van der Waals surface area (Å²) >= 11 is 0. The molecule has 2 heterocycles. The molecule has 0 aromatic carbocycles. The Morgan fingerprint density at radius 1 is 1.27 bits per heavy atom. The van der Waals surface area contributed by atoms with Gasteiger partial charge in [-0.05, 0) is 51.6 Å². The fourth-order valence-corrected chi connectivity index (χ4v) is 2.82. The first-order chi connectivity index (χ1) is 7.35. The van der Waals surface area contributed by atoms with E-state index >= 15 is 0 Å². The minimum atomic E-state index is 0.176. The quantitative estimate of drug-likeness (QED) is 0.772. The first-order valence-electron chi connectivity index (χ1n) is 6.21. The van der Waals surface area contributed by atoms with Crippen LogP contribution >= 0.6 is 0 Å². The highest BCUT2D eigenvalue weighted by Gasteiger charge is 2.38. The van der Waals surface area contributed by atoms with Crippen molar-refractivity contribution in [1.82, 2.24) is 5.32 Å². The highest BCUT2D eigenvalue weighted by Crippen LogP contribution is 2.37. The molecule has 1 N–H and O–H groups in total. The van der Waals surface area contributed by atoms with Gasteiger partial charge in [0, 0.05) is 19.8 Å². The van der Waals surface area contributed by atoms with Crippen molar-refractivity contribution in [3.05, 3.63) is 0 Å². The zero-order valence-electron chi connectivity index (χ0n) is 9.76. The molecule has 0 radical (unpaired) electrons. The van der Waals surface area contributed by atoms with E-state index in [4.69, 9.17) is 9.47 Å². The van der Waals surface area contributed by atoms with E-state index in [2.05, 4.69) is 5.32 Å². The Kier molecular flexibility index (Phi) is 4.00. The fraction of sp³-hybridized carbons (Fsp3) is 1.00. The minimum Gasteiger partial charge on any atom is -0.381 e. The number of hydrogen-bond acceptors (Lipinski definition) is 3. The van der Waals surface area contributed by atoms with E-state index in [-0.39, 0.29) is 5.60 Å². The lowest BCUT2D eigenvalue weighted by molar-refractivity contribution is -0.147. The Morgan fingerprint density at radius 2 is 2.07 bits per heavy atom. The standard InChI is InChI=1S/C12H23NO2/c1-13-6-2-11-3-7-15-12(10-11)4-8-14-9-5-12/h11,13H,2-10H2,1H3. The summed E-state index contributed by atoms with van der Waals surface area (Å²) in [5.41, 5.74) is 0.176. The maximum absolute atomic E-state index is 6.02. The monoisotopic (exact) mass is 213 g/mol. The van der Waals surface area contributed by atoms with Gasteiger partial charge in [0.15, 0.2) is 0 Å². The zero-order chi connectivity index (χ0) is 10.6. The van der Waals surface area contributed by atoms with Gasteiger partial charge in [0.25, 0.3) is 0 Å². The normalized spacial score (nSPS) is 30.6. The molecule has 2 saturated heterocycles. The van der Waals surface area contributed by atoms with Gasteiger partial charge in [-0.25, -0.2) is 0 Å². The van der Waals surface area contributed by atoms with Crippen LogP contribution in [0, 0.1) is 5.92 Å². The third-order valence-electron chi connectivity index (χ3n) is 3.80. The molecule has 15 heavy (non-hydrogen) atoms. The molecule has 0 bridgehead atoms. The first kappa shape index (κ1) is 11.4. The van der Waals surface area contributed by atoms with Gasteiger partial charge in [-0.3, -0.25) is 0 Å². The van der Waals surface area contributed by atoms with E-state index in [9.17, 15) is 0 Å². The molecule has 2 aliphatic rings.